The van der Waals surface area contributed by atoms with E-state index in [1.165, 1.54) is 12.1 Å². The fraction of sp³-hybridized carbons (Fsp3) is 0.182. The highest BCUT2D eigenvalue weighted by molar-refractivity contribution is 5.85. The van der Waals surface area contributed by atoms with Crippen LogP contribution >= 0.6 is 0 Å². The minimum Gasteiger partial charge on any atom is -0.508 e. The molecule has 0 bridgehead atoms. The third-order valence-electron chi connectivity index (χ3n) is 2.64. The first-order chi connectivity index (χ1) is 8.61. The van der Waals surface area contributed by atoms with E-state index in [2.05, 4.69) is 15.0 Å². The van der Waals surface area contributed by atoms with Gasteiger partial charge >= 0.3 is 5.97 Å². The van der Waals surface area contributed by atoms with E-state index >= 15 is 0 Å². The van der Waals surface area contributed by atoms with Crippen LogP contribution in [0.5, 0.6) is 5.75 Å². The maximum absolute atomic E-state index is 10.9. The first-order valence-electron chi connectivity index (χ1n) is 5.18. The van der Waals surface area contributed by atoms with Gasteiger partial charge in [-0.2, -0.15) is 0 Å². The minimum atomic E-state index is -1.18. The second-order valence-electron chi connectivity index (χ2n) is 3.81. The lowest BCUT2D eigenvalue weighted by molar-refractivity contribution is -0.138. The Morgan fingerprint density at radius 3 is 3.00 bits per heavy atom. The van der Waals surface area contributed by atoms with E-state index in [0.717, 1.165) is 10.9 Å². The maximum Gasteiger partial charge on any atom is 0.312 e. The van der Waals surface area contributed by atoms with Crippen LogP contribution in [0.2, 0.25) is 0 Å². The molecular weight excluding hydrogens is 236 g/mol. The van der Waals surface area contributed by atoms with Gasteiger partial charge in [-0.3, -0.25) is 4.79 Å². The van der Waals surface area contributed by atoms with Crippen LogP contribution in [0.4, 0.5) is 0 Å². The zero-order chi connectivity index (χ0) is 13.1. The number of azide groups is 1. The summed E-state index contributed by atoms with van der Waals surface area (Å²) < 4.78 is 0. The molecule has 7 nitrogen and oxygen atoms in total. The van der Waals surface area contributed by atoms with Crippen molar-refractivity contribution in [1.82, 2.24) is 4.98 Å². The molecule has 18 heavy (non-hydrogen) atoms. The summed E-state index contributed by atoms with van der Waals surface area (Å²) in [5, 5.41) is 22.3. The van der Waals surface area contributed by atoms with Gasteiger partial charge in [0.2, 0.25) is 0 Å². The first-order valence-corrected chi connectivity index (χ1v) is 5.18. The fourth-order valence-electron chi connectivity index (χ4n) is 1.78. The van der Waals surface area contributed by atoms with Gasteiger partial charge < -0.3 is 15.2 Å². The Bertz CT molecular complexity index is 641. The number of H-pyrrole nitrogens is 1. The van der Waals surface area contributed by atoms with Crippen molar-refractivity contribution in [2.75, 3.05) is 0 Å². The van der Waals surface area contributed by atoms with Gasteiger partial charge in [0, 0.05) is 22.0 Å². The van der Waals surface area contributed by atoms with Crippen LogP contribution in [0.15, 0.2) is 29.5 Å². The van der Waals surface area contributed by atoms with Gasteiger partial charge in [0.15, 0.2) is 0 Å². The Hall–Kier alpha value is -2.66. The number of aromatic hydroxyl groups is 1. The van der Waals surface area contributed by atoms with Crippen LogP contribution in [0.25, 0.3) is 21.3 Å². The average Bonchev–Trinajstić information content (AvgIpc) is 2.71. The molecule has 0 amide bonds. The highest BCUT2D eigenvalue weighted by atomic mass is 16.4. The van der Waals surface area contributed by atoms with Crippen molar-refractivity contribution < 1.29 is 15.0 Å². The number of phenolic OH excluding ortho intramolecular Hbond substituents is 1. The van der Waals surface area contributed by atoms with E-state index in [1.54, 1.807) is 12.3 Å². The number of hydrogen-bond acceptors (Lipinski definition) is 3. The van der Waals surface area contributed by atoms with E-state index in [0.29, 0.717) is 5.56 Å². The van der Waals surface area contributed by atoms with Gasteiger partial charge in [-0.05, 0) is 35.7 Å². The summed E-state index contributed by atoms with van der Waals surface area (Å²) in [7, 11) is 0. The van der Waals surface area contributed by atoms with E-state index in [4.69, 9.17) is 10.6 Å². The van der Waals surface area contributed by atoms with Gasteiger partial charge in [0.1, 0.15) is 11.8 Å². The minimum absolute atomic E-state index is 0.0723. The molecule has 0 spiro atoms. The van der Waals surface area contributed by atoms with Crippen molar-refractivity contribution in [2.24, 2.45) is 5.11 Å². The Balaban J connectivity index is 2.39. The molecule has 1 heterocycles. The number of nitrogens with zero attached hydrogens (tertiary/aromatic N) is 3. The van der Waals surface area contributed by atoms with Crippen molar-refractivity contribution in [2.45, 2.75) is 12.5 Å². The molecule has 0 unspecified atom stereocenters. The maximum atomic E-state index is 10.9. The summed E-state index contributed by atoms with van der Waals surface area (Å²) in [4.78, 5) is 16.4. The molecule has 1 atom stereocenters. The van der Waals surface area contributed by atoms with Crippen LogP contribution < -0.4 is 0 Å². The topological polar surface area (TPSA) is 122 Å². The second-order valence-corrected chi connectivity index (χ2v) is 3.81. The van der Waals surface area contributed by atoms with Crippen LogP contribution in [0, 0.1) is 0 Å². The van der Waals surface area contributed by atoms with Gasteiger partial charge in [0.05, 0.1) is 0 Å². The molecule has 0 saturated heterocycles. The Kier molecular flexibility index (Phi) is 3.07. The van der Waals surface area contributed by atoms with E-state index in [9.17, 15) is 9.90 Å². The van der Waals surface area contributed by atoms with E-state index < -0.39 is 12.0 Å². The van der Waals surface area contributed by atoms with Crippen LogP contribution in [-0.2, 0) is 11.2 Å². The average molecular weight is 246 g/mol. The lowest BCUT2D eigenvalue weighted by Crippen LogP contribution is -2.19. The molecule has 0 radical (unpaired) electrons. The van der Waals surface area contributed by atoms with Crippen molar-refractivity contribution in [3.63, 3.8) is 0 Å². The number of carbonyl (C=O) groups is 1. The molecule has 0 aliphatic rings. The number of rotatable bonds is 4. The highest BCUT2D eigenvalue weighted by Crippen LogP contribution is 2.24. The predicted octanol–water partition coefficient (Wildman–Crippen LogP) is 2.18. The number of aromatic amines is 1. The van der Waals surface area contributed by atoms with E-state index in [-0.39, 0.29) is 12.2 Å². The number of carboxylic acid groups (broad SMARTS) is 1. The smallest absolute Gasteiger partial charge is 0.312 e. The van der Waals surface area contributed by atoms with E-state index in [1.807, 2.05) is 0 Å². The third-order valence-corrected chi connectivity index (χ3v) is 2.64. The van der Waals surface area contributed by atoms with Crippen molar-refractivity contribution >= 4 is 16.9 Å². The number of carboxylic acids is 1. The van der Waals surface area contributed by atoms with Gasteiger partial charge in [-0.15, -0.1) is 0 Å². The highest BCUT2D eigenvalue weighted by Gasteiger charge is 2.18. The van der Waals surface area contributed by atoms with Crippen molar-refractivity contribution in [3.8, 4) is 5.75 Å². The van der Waals surface area contributed by atoms with Gasteiger partial charge in [0.25, 0.3) is 0 Å². The summed E-state index contributed by atoms with van der Waals surface area (Å²) in [6, 6.07) is 3.61. The number of fused-ring (bicyclic) bond motifs is 1. The van der Waals surface area contributed by atoms with Crippen LogP contribution in [0.1, 0.15) is 5.56 Å². The summed E-state index contributed by atoms with van der Waals surface area (Å²) >= 11 is 0. The molecule has 1 aromatic heterocycles. The molecule has 2 aromatic rings. The molecule has 7 heteroatoms. The fourth-order valence-corrected chi connectivity index (χ4v) is 1.78. The lowest BCUT2D eigenvalue weighted by Gasteiger charge is -2.04. The van der Waals surface area contributed by atoms with Crippen LogP contribution in [-0.4, -0.2) is 27.2 Å². The monoisotopic (exact) mass is 246 g/mol. The molecule has 92 valence electrons. The number of hydrogen-bond donors (Lipinski definition) is 3. The molecule has 3 N–H and O–H groups in total. The number of benzene rings is 1. The lowest BCUT2D eigenvalue weighted by atomic mass is 10.1. The number of aliphatic carboxylic acids is 1. The second kappa shape index (κ2) is 4.68. The molecule has 0 aliphatic heterocycles. The standard InChI is InChI=1S/C11H10N4O3/c12-15-14-10(11(17)18)3-6-5-13-9-2-1-7(16)4-8(6)9/h1-2,4-5,10,13,16H,3H2,(H,17,18)/t10-/m0/s1. The Labute approximate surface area is 101 Å². The SMILES string of the molecule is [N-]=[N+]=N[C@@H](Cc1c[nH]c2ccc(O)cc12)C(=O)O. The molecule has 1 aromatic carbocycles. The predicted molar refractivity (Wildman–Crippen MR) is 64.2 cm³/mol. The third kappa shape index (κ3) is 2.21. The summed E-state index contributed by atoms with van der Waals surface area (Å²) in [6.45, 7) is 0. The van der Waals surface area contributed by atoms with Crippen LogP contribution in [0.3, 0.4) is 0 Å². The molecule has 2 rings (SSSR count). The van der Waals surface area contributed by atoms with Crippen molar-refractivity contribution in [3.05, 3.63) is 40.4 Å². The van der Waals surface area contributed by atoms with Crippen molar-refractivity contribution in [1.29, 1.82) is 0 Å². The summed E-state index contributed by atoms with van der Waals surface area (Å²) in [5.41, 5.74) is 9.79. The number of nitrogens with one attached hydrogen (secondary N) is 1. The molecule has 0 saturated carbocycles. The van der Waals surface area contributed by atoms with Gasteiger partial charge in [-0.1, -0.05) is 5.11 Å². The largest absolute Gasteiger partial charge is 0.508 e. The summed E-state index contributed by atoms with van der Waals surface area (Å²) in [5.74, 6) is -1.08. The Morgan fingerprint density at radius 2 is 2.33 bits per heavy atom. The number of aromatic nitrogens is 1. The zero-order valence-electron chi connectivity index (χ0n) is 9.24. The zero-order valence-corrected chi connectivity index (χ0v) is 9.24. The molecule has 0 fully saturated rings. The van der Waals surface area contributed by atoms with Gasteiger partial charge in [-0.25, -0.2) is 0 Å². The first kappa shape index (κ1) is 11.8. The summed E-state index contributed by atoms with van der Waals surface area (Å²) in [6.07, 6.45) is 1.72. The Morgan fingerprint density at radius 1 is 1.56 bits per heavy atom. The molecular formula is C11H10N4O3. The quantitative estimate of drug-likeness (QED) is 0.435. The molecule has 0 aliphatic carbocycles. The number of phenols is 1. The normalized spacial score (nSPS) is 12.0.